The highest BCUT2D eigenvalue weighted by molar-refractivity contribution is 6.97. The van der Waals surface area contributed by atoms with Crippen molar-refractivity contribution in [3.05, 3.63) is 272 Å². The van der Waals surface area contributed by atoms with Gasteiger partial charge in [0.25, 0.3) is 0 Å². The van der Waals surface area contributed by atoms with Crippen molar-refractivity contribution in [3.63, 3.8) is 0 Å². The molecular formula is C85H76B2. The molecule has 0 unspecified atom stereocenters. The summed E-state index contributed by atoms with van der Waals surface area (Å²) in [6.45, 7) is 35.1. The molecular weight excluding hydrogens is 1040 g/mol. The van der Waals surface area contributed by atoms with Crippen LogP contribution in [-0.4, -0.2) is 13.4 Å². The van der Waals surface area contributed by atoms with Crippen LogP contribution in [-0.2, 0) is 10.8 Å². The van der Waals surface area contributed by atoms with Gasteiger partial charge in [0.15, 0.2) is 0 Å². The fraction of sp³-hybridized carbons (Fsp3) is 0.200. The van der Waals surface area contributed by atoms with E-state index in [0.717, 1.165) is 0 Å². The van der Waals surface area contributed by atoms with Gasteiger partial charge in [-0.05, 0) is 211 Å². The minimum absolute atomic E-state index is 0.135. The molecule has 12 aromatic carbocycles. The number of rotatable bonds is 8. The summed E-state index contributed by atoms with van der Waals surface area (Å²) in [6, 6.07) is 74.3. The van der Waals surface area contributed by atoms with E-state index in [1.54, 1.807) is 0 Å². The number of hydrogen-bond acceptors (Lipinski definition) is 0. The van der Waals surface area contributed by atoms with Crippen LogP contribution >= 0.6 is 0 Å². The normalized spacial score (nSPS) is 13.6. The fourth-order valence-corrected chi connectivity index (χ4v) is 17.4. The molecule has 0 N–H and O–H groups in total. The quantitative estimate of drug-likeness (QED) is 0.133. The summed E-state index contributed by atoms with van der Waals surface area (Å²) in [5, 5.41) is 5.36. The lowest BCUT2D eigenvalue weighted by molar-refractivity contribution is 0.521. The summed E-state index contributed by atoms with van der Waals surface area (Å²) < 4.78 is 0. The third-order valence-corrected chi connectivity index (χ3v) is 21.2. The second kappa shape index (κ2) is 19.7. The van der Waals surface area contributed by atoms with Crippen molar-refractivity contribution < 1.29 is 0 Å². The Morgan fingerprint density at radius 2 is 0.563 bits per heavy atom. The van der Waals surface area contributed by atoms with Crippen molar-refractivity contribution >= 4 is 67.7 Å². The second-order valence-electron chi connectivity index (χ2n) is 27.8. The Balaban J connectivity index is 0.785. The molecule has 87 heavy (non-hydrogen) atoms. The number of aryl methyl sites for hydroxylation is 11. The summed E-state index contributed by atoms with van der Waals surface area (Å²) in [7, 11) is 0. The van der Waals surface area contributed by atoms with Gasteiger partial charge in [-0.25, -0.2) is 0 Å². The molecule has 0 amide bonds. The molecule has 0 saturated carbocycles. The lowest BCUT2D eigenvalue weighted by atomic mass is 9.34. The van der Waals surface area contributed by atoms with E-state index in [4.69, 9.17) is 0 Å². The third kappa shape index (κ3) is 8.26. The zero-order valence-corrected chi connectivity index (χ0v) is 53.6. The highest BCUT2D eigenvalue weighted by Crippen LogP contribution is 2.59. The van der Waals surface area contributed by atoms with Gasteiger partial charge in [0.2, 0.25) is 13.4 Å². The molecule has 0 bridgehead atoms. The van der Waals surface area contributed by atoms with Gasteiger partial charge in [0, 0.05) is 10.8 Å². The second-order valence-corrected chi connectivity index (χ2v) is 27.8. The van der Waals surface area contributed by atoms with E-state index >= 15 is 0 Å². The zero-order valence-electron chi connectivity index (χ0n) is 53.6. The van der Waals surface area contributed by atoms with E-state index in [1.807, 2.05) is 0 Å². The first-order valence-electron chi connectivity index (χ1n) is 31.7. The lowest BCUT2D eigenvalue weighted by Gasteiger charge is -2.44. The van der Waals surface area contributed by atoms with Crippen LogP contribution in [0, 0.1) is 76.2 Å². The predicted molar refractivity (Wildman–Crippen MR) is 379 cm³/mol. The minimum atomic E-state index is -0.247. The van der Waals surface area contributed by atoms with Crippen LogP contribution in [0.25, 0.3) is 88.3 Å². The van der Waals surface area contributed by atoms with Crippen LogP contribution in [0.4, 0.5) is 0 Å². The van der Waals surface area contributed by atoms with Gasteiger partial charge in [0.05, 0.1) is 0 Å². The van der Waals surface area contributed by atoms with Gasteiger partial charge in [-0.1, -0.05) is 285 Å². The average Bonchev–Trinajstić information content (AvgIpc) is 1.67. The molecule has 0 saturated heterocycles. The standard InChI is InChI=1S/C85H76B2/c1-47-22-35-78(51(5)36-47)86(81-52(6)37-48(2)38-53(81)7)60-27-23-58(24-28-60)62-31-33-68-72-45-76-74(43-70(72)66-20-16-18-64(62)79(66)68)84(12,13)77-46-73-69-34-32-63(65-19-17-21-67(80(65)69)71(73)44-75(77)85(76,14)15)59-25-29-61(30-26-59)87(82-54(8)39-49(3)40-55(82)9)83-56(10)41-50(4)42-57(83)11/h16-46H,1-15H3. The van der Waals surface area contributed by atoms with E-state index < -0.39 is 0 Å². The first kappa shape index (κ1) is 54.9. The van der Waals surface area contributed by atoms with Crippen molar-refractivity contribution in [3.8, 4) is 66.8 Å². The number of fused-ring (bicyclic) bond motifs is 8. The molecule has 0 aliphatic heterocycles. The van der Waals surface area contributed by atoms with Gasteiger partial charge in [0.1, 0.15) is 0 Å². The Labute approximate surface area is 517 Å². The van der Waals surface area contributed by atoms with Gasteiger partial charge >= 0.3 is 0 Å². The molecule has 0 nitrogen and oxygen atoms in total. The number of hydrogen-bond donors (Lipinski definition) is 0. The van der Waals surface area contributed by atoms with E-state index in [1.165, 1.54) is 205 Å². The van der Waals surface area contributed by atoms with Crippen molar-refractivity contribution in [2.75, 3.05) is 0 Å². The molecule has 15 rings (SSSR count). The Morgan fingerprint density at radius 1 is 0.253 bits per heavy atom. The molecule has 3 aliphatic carbocycles. The molecule has 0 spiro atoms. The van der Waals surface area contributed by atoms with Gasteiger partial charge < -0.3 is 0 Å². The summed E-state index contributed by atoms with van der Waals surface area (Å²) in [4.78, 5) is 0. The summed E-state index contributed by atoms with van der Waals surface area (Å²) in [6.07, 6.45) is 0. The van der Waals surface area contributed by atoms with E-state index in [-0.39, 0.29) is 24.3 Å². The van der Waals surface area contributed by atoms with Crippen LogP contribution in [0.5, 0.6) is 0 Å². The monoisotopic (exact) mass is 1120 g/mol. The van der Waals surface area contributed by atoms with Gasteiger partial charge in [-0.3, -0.25) is 0 Å². The van der Waals surface area contributed by atoms with E-state index in [9.17, 15) is 0 Å². The largest absolute Gasteiger partial charge is 0.242 e. The maximum absolute atomic E-state index is 2.59. The van der Waals surface area contributed by atoms with Crippen LogP contribution in [0.1, 0.15) is 111 Å². The highest BCUT2D eigenvalue weighted by atomic mass is 14.5. The van der Waals surface area contributed by atoms with Crippen molar-refractivity contribution in [1.29, 1.82) is 0 Å². The highest BCUT2D eigenvalue weighted by Gasteiger charge is 2.45. The maximum Gasteiger partial charge on any atom is 0.242 e. The first-order chi connectivity index (χ1) is 41.7. The predicted octanol–water partition coefficient (Wildman–Crippen LogP) is 18.0. The minimum Gasteiger partial charge on any atom is -0.0686 e. The molecule has 0 heterocycles. The van der Waals surface area contributed by atoms with Crippen molar-refractivity contribution in [1.82, 2.24) is 0 Å². The Kier molecular flexibility index (Phi) is 12.4. The molecule has 12 aromatic rings. The average molecular weight is 1120 g/mol. The molecule has 2 heteroatoms. The van der Waals surface area contributed by atoms with Crippen LogP contribution in [0.2, 0.25) is 0 Å². The fourth-order valence-electron chi connectivity index (χ4n) is 17.4. The third-order valence-electron chi connectivity index (χ3n) is 21.2. The van der Waals surface area contributed by atoms with Crippen molar-refractivity contribution in [2.45, 2.75) is 115 Å². The molecule has 422 valence electrons. The molecule has 0 fully saturated rings. The van der Waals surface area contributed by atoms with Crippen molar-refractivity contribution in [2.24, 2.45) is 0 Å². The van der Waals surface area contributed by atoms with Crippen LogP contribution in [0.15, 0.2) is 188 Å². The van der Waals surface area contributed by atoms with Gasteiger partial charge in [-0.2, -0.15) is 0 Å². The Hall–Kier alpha value is -8.71. The zero-order chi connectivity index (χ0) is 60.4. The Morgan fingerprint density at radius 3 is 0.920 bits per heavy atom. The summed E-state index contributed by atoms with van der Waals surface area (Å²) >= 11 is 0. The molecule has 0 atom stereocenters. The summed E-state index contributed by atoms with van der Waals surface area (Å²) in [5.74, 6) is 0. The smallest absolute Gasteiger partial charge is 0.0686 e. The lowest BCUT2D eigenvalue weighted by Crippen LogP contribution is -2.55. The first-order valence-corrected chi connectivity index (χ1v) is 31.7. The van der Waals surface area contributed by atoms with Crippen LogP contribution < -0.4 is 32.8 Å². The molecule has 3 aliphatic rings. The summed E-state index contributed by atoms with van der Waals surface area (Å²) in [5.41, 5.74) is 44.0. The Bertz CT molecular complexity index is 4750. The maximum atomic E-state index is 2.59. The van der Waals surface area contributed by atoms with Gasteiger partial charge in [-0.15, -0.1) is 0 Å². The van der Waals surface area contributed by atoms with E-state index in [0.29, 0.717) is 0 Å². The SMILES string of the molecule is Cc1ccc(B(c2ccc(-c3ccc4c5c(cccc35)-c3cc5c(cc3-4)C(C)(C)c3cc4c(cc3C5(C)C)-c3ccc(-c5ccc(B(c6c(C)cc(C)cc6C)c6c(C)cc(C)cc6C)cc5)c5cccc-4c35)cc2)c2c(C)cc(C)cc2C)c(C)c1. The van der Waals surface area contributed by atoms with Crippen LogP contribution in [0.3, 0.4) is 0 Å². The topological polar surface area (TPSA) is 0 Å². The number of benzene rings is 12. The molecule has 0 aromatic heterocycles. The molecule has 0 radical (unpaired) electrons. The van der Waals surface area contributed by atoms with E-state index in [2.05, 4.69) is 292 Å².